The molecule has 1 aliphatic rings. The Kier molecular flexibility index (Phi) is 3.66. The first-order chi connectivity index (χ1) is 10.6. The normalized spacial score (nSPS) is 16.9. The van der Waals surface area contributed by atoms with Crippen molar-refractivity contribution in [1.29, 1.82) is 0 Å². The Bertz CT molecular complexity index is 722. The van der Waals surface area contributed by atoms with Crippen LogP contribution in [0.4, 0.5) is 11.4 Å². The maximum atomic E-state index is 12.8. The van der Waals surface area contributed by atoms with Gasteiger partial charge in [-0.15, -0.1) is 0 Å². The van der Waals surface area contributed by atoms with Crippen molar-refractivity contribution in [3.63, 3.8) is 0 Å². The minimum Gasteiger partial charge on any atom is -0.399 e. The Morgan fingerprint density at radius 3 is 2.95 bits per heavy atom. The lowest BCUT2D eigenvalue weighted by atomic mass is 9.96. The summed E-state index contributed by atoms with van der Waals surface area (Å²) in [6.45, 7) is 2.14. The van der Waals surface area contributed by atoms with Crippen LogP contribution in [0.1, 0.15) is 19.2 Å². The number of aromatic nitrogens is 2. The van der Waals surface area contributed by atoms with E-state index in [-0.39, 0.29) is 17.7 Å². The molecule has 0 fully saturated rings. The van der Waals surface area contributed by atoms with Gasteiger partial charge in [-0.1, -0.05) is 6.07 Å². The average Bonchev–Trinajstić information content (AvgIpc) is 2.94. The van der Waals surface area contributed by atoms with E-state index in [9.17, 15) is 9.59 Å². The molecule has 1 unspecified atom stereocenters. The fourth-order valence-electron chi connectivity index (χ4n) is 2.87. The molecule has 3 rings (SSSR count). The summed E-state index contributed by atoms with van der Waals surface area (Å²) in [5, 5.41) is 0. The van der Waals surface area contributed by atoms with E-state index in [1.165, 1.54) is 11.8 Å². The van der Waals surface area contributed by atoms with Gasteiger partial charge in [0.05, 0.1) is 5.69 Å². The van der Waals surface area contributed by atoms with Crippen molar-refractivity contribution in [2.45, 2.75) is 26.3 Å². The van der Waals surface area contributed by atoms with Crippen LogP contribution in [0.25, 0.3) is 0 Å². The second-order valence-electron chi connectivity index (χ2n) is 5.51. The van der Waals surface area contributed by atoms with Crippen LogP contribution in [0, 0.1) is 5.92 Å². The molecule has 2 heterocycles. The largest absolute Gasteiger partial charge is 0.399 e. The summed E-state index contributed by atoms with van der Waals surface area (Å²) in [6, 6.07) is 6.83. The quantitative estimate of drug-likeness (QED) is 0.854. The molecule has 0 spiro atoms. The predicted octanol–water partition coefficient (Wildman–Crippen LogP) is 1.61. The van der Waals surface area contributed by atoms with Crippen LogP contribution in [0.5, 0.6) is 0 Å². The molecule has 0 radical (unpaired) electrons. The maximum absolute atomic E-state index is 12.8. The number of nitrogen functional groups attached to an aromatic ring is 1. The number of hydrogen-bond acceptors (Lipinski definition) is 4. The molecular weight excluding hydrogens is 280 g/mol. The highest BCUT2D eigenvalue weighted by atomic mass is 16.2. The van der Waals surface area contributed by atoms with Gasteiger partial charge in [0.25, 0.3) is 0 Å². The number of benzene rings is 1. The molecule has 1 atom stereocenters. The van der Waals surface area contributed by atoms with E-state index >= 15 is 0 Å². The van der Waals surface area contributed by atoms with E-state index in [1.54, 1.807) is 30.5 Å². The van der Waals surface area contributed by atoms with Crippen LogP contribution in [0.3, 0.4) is 0 Å². The zero-order valence-electron chi connectivity index (χ0n) is 12.4. The van der Waals surface area contributed by atoms with E-state index in [4.69, 9.17) is 5.73 Å². The van der Waals surface area contributed by atoms with Gasteiger partial charge in [0.1, 0.15) is 5.82 Å². The number of hydrogen-bond donors (Lipinski definition) is 1. The molecular formula is C16H18N4O2. The summed E-state index contributed by atoms with van der Waals surface area (Å²) >= 11 is 0. The third kappa shape index (κ3) is 2.59. The number of anilines is 2. The number of carbonyl (C=O) groups is 2. The number of rotatable bonds is 2. The second-order valence-corrected chi connectivity index (χ2v) is 5.51. The minimum atomic E-state index is -0.301. The maximum Gasteiger partial charge on any atom is 0.237 e. The summed E-state index contributed by atoms with van der Waals surface area (Å²) < 4.78 is 2.04. The average molecular weight is 298 g/mol. The molecule has 2 aromatic rings. The first kappa shape index (κ1) is 14.3. The molecule has 0 saturated heterocycles. The van der Waals surface area contributed by atoms with Gasteiger partial charge in [-0.05, 0) is 24.6 Å². The molecule has 6 heteroatoms. The number of carbonyl (C=O) groups excluding carboxylic acids is 2. The van der Waals surface area contributed by atoms with Gasteiger partial charge < -0.3 is 10.3 Å². The van der Waals surface area contributed by atoms with Crippen LogP contribution in [0.15, 0.2) is 36.7 Å². The Labute approximate surface area is 128 Å². The number of nitrogens with two attached hydrogens (primary N) is 1. The molecule has 0 aliphatic carbocycles. The van der Waals surface area contributed by atoms with Gasteiger partial charge >= 0.3 is 0 Å². The molecule has 2 N–H and O–H groups in total. The highest BCUT2D eigenvalue weighted by molar-refractivity contribution is 6.15. The zero-order valence-corrected chi connectivity index (χ0v) is 12.4. The molecule has 2 amide bonds. The van der Waals surface area contributed by atoms with Crippen molar-refractivity contribution in [1.82, 2.24) is 9.55 Å². The number of imide groups is 1. The first-order valence-corrected chi connectivity index (χ1v) is 7.26. The van der Waals surface area contributed by atoms with Crippen LogP contribution in [-0.2, 0) is 22.6 Å². The molecule has 1 aromatic heterocycles. The summed E-state index contributed by atoms with van der Waals surface area (Å²) in [6.07, 6.45) is 4.91. The van der Waals surface area contributed by atoms with Crippen molar-refractivity contribution in [2.24, 2.45) is 5.92 Å². The lowest BCUT2D eigenvalue weighted by Gasteiger charge is -2.28. The molecule has 6 nitrogen and oxygen atoms in total. The molecule has 1 aromatic carbocycles. The lowest BCUT2D eigenvalue weighted by molar-refractivity contribution is -0.128. The lowest BCUT2D eigenvalue weighted by Crippen LogP contribution is -2.42. The molecule has 0 bridgehead atoms. The minimum absolute atomic E-state index is 0.188. The van der Waals surface area contributed by atoms with E-state index in [0.29, 0.717) is 24.2 Å². The smallest absolute Gasteiger partial charge is 0.237 e. The van der Waals surface area contributed by atoms with Gasteiger partial charge in [-0.3, -0.25) is 14.5 Å². The van der Waals surface area contributed by atoms with E-state index < -0.39 is 0 Å². The second kappa shape index (κ2) is 5.63. The van der Waals surface area contributed by atoms with Crippen LogP contribution in [-0.4, -0.2) is 21.4 Å². The number of imidazole rings is 1. The molecule has 22 heavy (non-hydrogen) atoms. The Morgan fingerprint density at radius 1 is 1.41 bits per heavy atom. The van der Waals surface area contributed by atoms with Crippen molar-refractivity contribution < 1.29 is 9.59 Å². The van der Waals surface area contributed by atoms with Crippen LogP contribution in [0.2, 0.25) is 0 Å². The third-order valence-corrected chi connectivity index (χ3v) is 3.96. The highest BCUT2D eigenvalue weighted by Crippen LogP contribution is 2.25. The van der Waals surface area contributed by atoms with Crippen molar-refractivity contribution in [2.75, 3.05) is 10.6 Å². The standard InChI is InChI=1S/C16H18N4O2/c1-11(21)20(14-4-2-3-13(17)10-14)16(22)12-5-7-19-8-6-18-15(19)9-12/h2-4,6,8,10,12H,5,7,9,17H2,1H3. The van der Waals surface area contributed by atoms with Crippen LogP contribution >= 0.6 is 0 Å². The number of aryl methyl sites for hydroxylation is 1. The van der Waals surface area contributed by atoms with Crippen LogP contribution < -0.4 is 10.6 Å². The van der Waals surface area contributed by atoms with Gasteiger partial charge in [0.2, 0.25) is 11.8 Å². The summed E-state index contributed by atoms with van der Waals surface area (Å²) in [5.74, 6) is 0.165. The highest BCUT2D eigenvalue weighted by Gasteiger charge is 2.31. The summed E-state index contributed by atoms with van der Waals surface area (Å²) in [4.78, 5) is 30.3. The molecule has 1 aliphatic heterocycles. The van der Waals surface area contributed by atoms with Crippen molar-refractivity contribution >= 4 is 23.2 Å². The summed E-state index contributed by atoms with van der Waals surface area (Å²) in [5.41, 5.74) is 6.81. The van der Waals surface area contributed by atoms with Crippen molar-refractivity contribution in [3.05, 3.63) is 42.5 Å². The number of amides is 2. The summed E-state index contributed by atoms with van der Waals surface area (Å²) in [7, 11) is 0. The topological polar surface area (TPSA) is 81.2 Å². The Balaban J connectivity index is 1.87. The van der Waals surface area contributed by atoms with Gasteiger partial charge in [0, 0.05) is 43.9 Å². The number of nitrogens with zero attached hydrogens (tertiary/aromatic N) is 3. The molecule has 114 valence electrons. The third-order valence-electron chi connectivity index (χ3n) is 3.96. The van der Waals surface area contributed by atoms with E-state index in [2.05, 4.69) is 4.98 Å². The monoisotopic (exact) mass is 298 g/mol. The van der Waals surface area contributed by atoms with E-state index in [0.717, 1.165) is 12.4 Å². The first-order valence-electron chi connectivity index (χ1n) is 7.26. The van der Waals surface area contributed by atoms with Gasteiger partial charge in [-0.25, -0.2) is 4.98 Å². The van der Waals surface area contributed by atoms with Gasteiger partial charge in [0.15, 0.2) is 0 Å². The fraction of sp³-hybridized carbons (Fsp3) is 0.312. The Morgan fingerprint density at radius 2 is 2.23 bits per heavy atom. The fourth-order valence-corrected chi connectivity index (χ4v) is 2.87. The van der Waals surface area contributed by atoms with E-state index in [1.807, 2.05) is 10.8 Å². The molecule has 0 saturated carbocycles. The zero-order chi connectivity index (χ0) is 15.7. The number of fused-ring (bicyclic) bond motifs is 1. The van der Waals surface area contributed by atoms with Crippen molar-refractivity contribution in [3.8, 4) is 0 Å². The van der Waals surface area contributed by atoms with Gasteiger partial charge in [-0.2, -0.15) is 0 Å². The SMILES string of the molecule is CC(=O)N(C(=O)C1CCn2ccnc2C1)c1cccc(N)c1. The Hall–Kier alpha value is -2.63. The predicted molar refractivity (Wildman–Crippen MR) is 83.1 cm³/mol.